The Morgan fingerprint density at radius 3 is 2.27 bits per heavy atom. The highest BCUT2D eigenvalue weighted by Crippen LogP contribution is 2.33. The molecular formula is C22H21ClN2O4S. The number of aryl methyl sites for hydroxylation is 1. The van der Waals surface area contributed by atoms with Crippen molar-refractivity contribution in [3.05, 3.63) is 82.4 Å². The first-order valence-corrected chi connectivity index (χ1v) is 11.0. The minimum absolute atomic E-state index is 0.0655. The van der Waals surface area contributed by atoms with E-state index in [9.17, 15) is 13.2 Å². The van der Waals surface area contributed by atoms with Crippen molar-refractivity contribution in [2.24, 2.45) is 0 Å². The molecule has 0 aliphatic rings. The van der Waals surface area contributed by atoms with Gasteiger partial charge in [-0.15, -0.1) is 0 Å². The molecule has 0 fully saturated rings. The summed E-state index contributed by atoms with van der Waals surface area (Å²) < 4.78 is 32.8. The van der Waals surface area contributed by atoms with Crippen LogP contribution >= 0.6 is 11.6 Å². The predicted molar refractivity (Wildman–Crippen MR) is 118 cm³/mol. The number of rotatable bonds is 6. The van der Waals surface area contributed by atoms with E-state index in [0.717, 1.165) is 0 Å². The number of anilines is 1. The molecule has 0 aliphatic carbocycles. The highest BCUT2D eigenvalue weighted by Gasteiger charge is 2.20. The fourth-order valence-corrected chi connectivity index (χ4v) is 4.09. The fraction of sp³-hybridized carbons (Fsp3) is 0.136. The van der Waals surface area contributed by atoms with Crippen LogP contribution in [0.5, 0.6) is 11.5 Å². The van der Waals surface area contributed by atoms with Crippen LogP contribution in [-0.2, 0) is 10.0 Å². The number of hydrogen-bond acceptors (Lipinski definition) is 4. The van der Waals surface area contributed by atoms with Gasteiger partial charge in [-0.05, 0) is 68.4 Å². The lowest BCUT2D eigenvalue weighted by Crippen LogP contribution is -2.21. The lowest BCUT2D eigenvalue weighted by Gasteiger charge is -2.15. The van der Waals surface area contributed by atoms with Crippen LogP contribution in [0, 0.1) is 13.8 Å². The van der Waals surface area contributed by atoms with Crippen molar-refractivity contribution in [2.45, 2.75) is 18.7 Å². The Morgan fingerprint density at radius 1 is 0.967 bits per heavy atom. The third-order valence-electron chi connectivity index (χ3n) is 4.63. The standard InChI is InChI=1S/C22H21ClN2O4S/c1-14-12-16(13-21(15(14)2)30(27,28)24-3)22(26)25-18-9-5-7-11-20(18)29-19-10-6-4-8-17(19)23/h4-13,24H,1-3H3,(H,25,26). The Bertz CT molecular complexity index is 1210. The van der Waals surface area contributed by atoms with Crippen molar-refractivity contribution in [3.63, 3.8) is 0 Å². The number of sulfonamides is 1. The number of nitrogens with one attached hydrogen (secondary N) is 2. The minimum atomic E-state index is -3.70. The van der Waals surface area contributed by atoms with Crippen molar-refractivity contribution >= 4 is 33.2 Å². The molecule has 0 saturated heterocycles. The van der Waals surface area contributed by atoms with Crippen LogP contribution in [0.1, 0.15) is 21.5 Å². The number of para-hydroxylation sites is 3. The average Bonchev–Trinajstić information content (AvgIpc) is 2.72. The van der Waals surface area contributed by atoms with Gasteiger partial charge in [-0.2, -0.15) is 0 Å². The lowest BCUT2D eigenvalue weighted by molar-refractivity contribution is 0.102. The molecule has 0 atom stereocenters. The van der Waals surface area contributed by atoms with E-state index < -0.39 is 15.9 Å². The van der Waals surface area contributed by atoms with Crippen LogP contribution in [0.25, 0.3) is 0 Å². The molecule has 3 rings (SSSR count). The lowest BCUT2D eigenvalue weighted by atomic mass is 10.1. The zero-order chi connectivity index (χ0) is 21.9. The van der Waals surface area contributed by atoms with Crippen LogP contribution < -0.4 is 14.8 Å². The Morgan fingerprint density at radius 2 is 1.60 bits per heavy atom. The second kappa shape index (κ2) is 8.87. The molecule has 0 aromatic heterocycles. The SMILES string of the molecule is CNS(=O)(=O)c1cc(C(=O)Nc2ccccc2Oc2ccccc2Cl)cc(C)c1C. The van der Waals surface area contributed by atoms with Gasteiger partial charge in [-0.1, -0.05) is 35.9 Å². The summed E-state index contributed by atoms with van der Waals surface area (Å²) in [5.41, 5.74) is 1.93. The molecule has 30 heavy (non-hydrogen) atoms. The molecule has 3 aromatic carbocycles. The Kier molecular flexibility index (Phi) is 6.45. The number of hydrogen-bond donors (Lipinski definition) is 2. The third kappa shape index (κ3) is 4.64. The predicted octanol–water partition coefficient (Wildman–Crippen LogP) is 4.91. The van der Waals surface area contributed by atoms with E-state index in [1.165, 1.54) is 13.1 Å². The monoisotopic (exact) mass is 444 g/mol. The summed E-state index contributed by atoms with van der Waals surface area (Å²) in [4.78, 5) is 13.0. The summed E-state index contributed by atoms with van der Waals surface area (Å²) >= 11 is 6.16. The number of benzene rings is 3. The Labute approximate surface area is 180 Å². The molecule has 0 heterocycles. The summed E-state index contributed by atoms with van der Waals surface area (Å²) in [6.07, 6.45) is 0. The zero-order valence-electron chi connectivity index (χ0n) is 16.7. The molecule has 6 nitrogen and oxygen atoms in total. The van der Waals surface area contributed by atoms with Crippen LogP contribution in [0.15, 0.2) is 65.6 Å². The van der Waals surface area contributed by atoms with Crippen LogP contribution in [0.2, 0.25) is 5.02 Å². The maximum Gasteiger partial charge on any atom is 0.255 e. The van der Waals surface area contributed by atoms with E-state index in [4.69, 9.17) is 16.3 Å². The smallest absolute Gasteiger partial charge is 0.255 e. The first-order valence-electron chi connectivity index (χ1n) is 9.10. The highest BCUT2D eigenvalue weighted by atomic mass is 35.5. The number of carbonyl (C=O) groups is 1. The van der Waals surface area contributed by atoms with Crippen molar-refractivity contribution in [1.82, 2.24) is 4.72 Å². The van der Waals surface area contributed by atoms with Gasteiger partial charge in [0.1, 0.15) is 5.75 Å². The molecule has 0 radical (unpaired) electrons. The zero-order valence-corrected chi connectivity index (χ0v) is 18.3. The van der Waals surface area contributed by atoms with Crippen molar-refractivity contribution in [1.29, 1.82) is 0 Å². The van der Waals surface area contributed by atoms with Crippen molar-refractivity contribution in [2.75, 3.05) is 12.4 Å². The van der Waals surface area contributed by atoms with Crippen molar-refractivity contribution < 1.29 is 17.9 Å². The molecule has 0 spiro atoms. The third-order valence-corrected chi connectivity index (χ3v) is 6.48. The summed E-state index contributed by atoms with van der Waals surface area (Å²) in [7, 11) is -2.37. The van der Waals surface area contributed by atoms with Gasteiger partial charge >= 0.3 is 0 Å². The van der Waals surface area contributed by atoms with Crippen LogP contribution in [0.4, 0.5) is 5.69 Å². The van der Waals surface area contributed by atoms with Crippen LogP contribution in [0.3, 0.4) is 0 Å². The fourth-order valence-electron chi connectivity index (χ4n) is 2.85. The van der Waals surface area contributed by atoms with Gasteiger partial charge in [0, 0.05) is 5.56 Å². The summed E-state index contributed by atoms with van der Waals surface area (Å²) in [6, 6.07) is 16.9. The largest absolute Gasteiger partial charge is 0.454 e. The molecule has 156 valence electrons. The van der Waals surface area contributed by atoms with Gasteiger partial charge in [0.05, 0.1) is 15.6 Å². The molecule has 0 saturated carbocycles. The first kappa shape index (κ1) is 21.8. The minimum Gasteiger partial charge on any atom is -0.454 e. The molecule has 1 amide bonds. The topological polar surface area (TPSA) is 84.5 Å². The number of halogens is 1. The number of amides is 1. The summed E-state index contributed by atoms with van der Waals surface area (Å²) in [6.45, 7) is 3.46. The Balaban J connectivity index is 1.93. The van der Waals surface area contributed by atoms with Gasteiger partial charge in [-0.25, -0.2) is 13.1 Å². The van der Waals surface area contributed by atoms with E-state index in [1.54, 1.807) is 68.4 Å². The number of ether oxygens (including phenoxy) is 1. The van der Waals surface area contributed by atoms with E-state index in [-0.39, 0.29) is 10.5 Å². The van der Waals surface area contributed by atoms with E-state index in [0.29, 0.717) is 33.3 Å². The average molecular weight is 445 g/mol. The van der Waals surface area contributed by atoms with Gasteiger partial charge in [0.15, 0.2) is 5.75 Å². The molecule has 3 aromatic rings. The molecule has 2 N–H and O–H groups in total. The van der Waals surface area contributed by atoms with Crippen molar-refractivity contribution in [3.8, 4) is 11.5 Å². The quantitative estimate of drug-likeness (QED) is 0.565. The van der Waals surface area contributed by atoms with E-state index in [1.807, 2.05) is 0 Å². The maximum absolute atomic E-state index is 12.9. The normalized spacial score (nSPS) is 11.2. The molecule has 8 heteroatoms. The van der Waals surface area contributed by atoms with Gasteiger partial charge < -0.3 is 10.1 Å². The maximum atomic E-state index is 12.9. The van der Waals surface area contributed by atoms with E-state index >= 15 is 0 Å². The highest BCUT2D eigenvalue weighted by molar-refractivity contribution is 7.89. The molecule has 0 bridgehead atoms. The molecular weight excluding hydrogens is 424 g/mol. The van der Waals surface area contributed by atoms with Gasteiger partial charge in [0.25, 0.3) is 5.91 Å². The first-order chi connectivity index (χ1) is 14.2. The van der Waals surface area contributed by atoms with E-state index in [2.05, 4.69) is 10.0 Å². The second-order valence-electron chi connectivity index (χ2n) is 6.61. The second-order valence-corrected chi connectivity index (χ2v) is 8.87. The summed E-state index contributed by atoms with van der Waals surface area (Å²) in [5.74, 6) is 0.404. The molecule has 0 aliphatic heterocycles. The number of carbonyl (C=O) groups excluding carboxylic acids is 1. The Hall–Kier alpha value is -2.87. The summed E-state index contributed by atoms with van der Waals surface area (Å²) in [5, 5.41) is 3.23. The van der Waals surface area contributed by atoms with Crippen LogP contribution in [-0.4, -0.2) is 21.4 Å². The van der Waals surface area contributed by atoms with Gasteiger partial charge in [-0.3, -0.25) is 4.79 Å². The molecule has 0 unspecified atom stereocenters. The van der Waals surface area contributed by atoms with Gasteiger partial charge in [0.2, 0.25) is 10.0 Å².